The largest absolute Gasteiger partial charge is 0.387 e. The minimum atomic E-state index is -0.389. The van der Waals surface area contributed by atoms with E-state index in [0.717, 1.165) is 31.5 Å². The second kappa shape index (κ2) is 5.08. The molecule has 1 aliphatic heterocycles. The molecule has 116 valence electrons. The van der Waals surface area contributed by atoms with Gasteiger partial charge >= 0.3 is 0 Å². The van der Waals surface area contributed by atoms with Crippen molar-refractivity contribution in [2.24, 2.45) is 0 Å². The second-order valence-corrected chi connectivity index (χ2v) is 7.78. The van der Waals surface area contributed by atoms with Crippen LogP contribution >= 0.6 is 0 Å². The Morgan fingerprint density at radius 1 is 1.10 bits per heavy atom. The SMILES string of the molecule is CC1(C)CN(C2CCc3ccccc3C2O)CC(C)(C)O1. The van der Waals surface area contributed by atoms with Crippen LogP contribution in [0.25, 0.3) is 0 Å². The molecule has 0 spiro atoms. The number of fused-ring (bicyclic) bond motifs is 1. The standard InChI is InChI=1S/C18H27NO2/c1-17(2)11-19(12-18(3,4)21-17)15-10-9-13-7-5-6-8-14(13)16(15)20/h5-8,15-16,20H,9-12H2,1-4H3. The minimum Gasteiger partial charge on any atom is -0.387 e. The molecule has 2 aliphatic rings. The van der Waals surface area contributed by atoms with Crippen LogP contribution in [0.2, 0.25) is 0 Å². The van der Waals surface area contributed by atoms with E-state index in [9.17, 15) is 5.11 Å². The predicted octanol–water partition coefficient (Wildman–Crippen LogP) is 2.92. The van der Waals surface area contributed by atoms with Crippen LogP contribution in [0, 0.1) is 0 Å². The minimum absolute atomic E-state index is 0.168. The number of benzene rings is 1. The van der Waals surface area contributed by atoms with Crippen LogP contribution in [0.1, 0.15) is 51.3 Å². The van der Waals surface area contributed by atoms with E-state index in [4.69, 9.17) is 4.74 Å². The van der Waals surface area contributed by atoms with Crippen LogP contribution in [0.3, 0.4) is 0 Å². The van der Waals surface area contributed by atoms with Gasteiger partial charge in [-0.2, -0.15) is 0 Å². The first-order valence-electron chi connectivity index (χ1n) is 7.98. The van der Waals surface area contributed by atoms with Crippen molar-refractivity contribution in [1.82, 2.24) is 4.90 Å². The van der Waals surface area contributed by atoms with Crippen molar-refractivity contribution < 1.29 is 9.84 Å². The van der Waals surface area contributed by atoms with E-state index in [0.29, 0.717) is 0 Å². The van der Waals surface area contributed by atoms with E-state index in [1.165, 1.54) is 5.56 Å². The van der Waals surface area contributed by atoms with Crippen molar-refractivity contribution in [2.45, 2.75) is 63.9 Å². The zero-order valence-electron chi connectivity index (χ0n) is 13.6. The van der Waals surface area contributed by atoms with E-state index < -0.39 is 0 Å². The van der Waals surface area contributed by atoms with Crippen molar-refractivity contribution in [2.75, 3.05) is 13.1 Å². The number of rotatable bonds is 1. The monoisotopic (exact) mass is 289 g/mol. The molecule has 1 fully saturated rings. The highest BCUT2D eigenvalue weighted by Gasteiger charge is 2.43. The average Bonchev–Trinajstić information content (AvgIpc) is 2.35. The molecular weight excluding hydrogens is 262 g/mol. The third-order valence-electron chi connectivity index (χ3n) is 4.64. The van der Waals surface area contributed by atoms with Gasteiger partial charge in [-0.25, -0.2) is 0 Å². The molecule has 0 bridgehead atoms. The molecule has 21 heavy (non-hydrogen) atoms. The van der Waals surface area contributed by atoms with Gasteiger partial charge in [0.2, 0.25) is 0 Å². The zero-order chi connectivity index (χ0) is 15.3. The van der Waals surface area contributed by atoms with E-state index >= 15 is 0 Å². The van der Waals surface area contributed by atoms with Gasteiger partial charge in [0.1, 0.15) is 0 Å². The van der Waals surface area contributed by atoms with Crippen LogP contribution in [-0.2, 0) is 11.2 Å². The summed E-state index contributed by atoms with van der Waals surface area (Å²) < 4.78 is 6.16. The Kier molecular flexibility index (Phi) is 3.63. The van der Waals surface area contributed by atoms with E-state index in [1.54, 1.807) is 0 Å². The van der Waals surface area contributed by atoms with Gasteiger partial charge in [-0.15, -0.1) is 0 Å². The molecule has 0 aromatic heterocycles. The molecule has 1 aromatic rings. The summed E-state index contributed by atoms with van der Waals surface area (Å²) in [5.74, 6) is 0. The topological polar surface area (TPSA) is 32.7 Å². The molecule has 1 saturated heterocycles. The van der Waals surface area contributed by atoms with Crippen molar-refractivity contribution in [3.05, 3.63) is 35.4 Å². The maximum Gasteiger partial charge on any atom is 0.0947 e. The first kappa shape index (κ1) is 15.0. The average molecular weight is 289 g/mol. The third-order valence-corrected chi connectivity index (χ3v) is 4.64. The third kappa shape index (κ3) is 3.01. The van der Waals surface area contributed by atoms with Gasteiger partial charge in [0.25, 0.3) is 0 Å². The van der Waals surface area contributed by atoms with Gasteiger partial charge in [0, 0.05) is 19.1 Å². The number of aliphatic hydroxyl groups is 1. The molecule has 0 radical (unpaired) electrons. The molecular formula is C18H27NO2. The Morgan fingerprint density at radius 3 is 2.38 bits per heavy atom. The number of hydrogen-bond acceptors (Lipinski definition) is 3. The van der Waals surface area contributed by atoms with Crippen LogP contribution < -0.4 is 0 Å². The highest BCUT2D eigenvalue weighted by atomic mass is 16.5. The highest BCUT2D eigenvalue weighted by molar-refractivity contribution is 5.32. The maximum absolute atomic E-state index is 10.8. The molecule has 3 nitrogen and oxygen atoms in total. The summed E-state index contributed by atoms with van der Waals surface area (Å²) in [6, 6.07) is 8.50. The Bertz CT molecular complexity index is 508. The van der Waals surface area contributed by atoms with Crippen LogP contribution in [0.4, 0.5) is 0 Å². The molecule has 1 N–H and O–H groups in total. The number of aliphatic hydroxyl groups excluding tert-OH is 1. The lowest BCUT2D eigenvalue weighted by atomic mass is 9.83. The smallest absolute Gasteiger partial charge is 0.0947 e. The lowest BCUT2D eigenvalue weighted by molar-refractivity contribution is -0.195. The predicted molar refractivity (Wildman–Crippen MR) is 84.3 cm³/mol. The summed E-state index contributed by atoms with van der Waals surface area (Å²) in [6.07, 6.45) is 1.68. The quantitative estimate of drug-likeness (QED) is 0.863. The summed E-state index contributed by atoms with van der Waals surface area (Å²) >= 11 is 0. The first-order chi connectivity index (χ1) is 9.77. The maximum atomic E-state index is 10.8. The molecule has 2 unspecified atom stereocenters. The van der Waals surface area contributed by atoms with Gasteiger partial charge < -0.3 is 9.84 Å². The molecule has 1 aromatic carbocycles. The molecule has 3 rings (SSSR count). The van der Waals surface area contributed by atoms with Crippen molar-refractivity contribution >= 4 is 0 Å². The number of morpholine rings is 1. The molecule has 2 atom stereocenters. The number of hydrogen-bond donors (Lipinski definition) is 1. The highest BCUT2D eigenvalue weighted by Crippen LogP contribution is 2.37. The lowest BCUT2D eigenvalue weighted by Crippen LogP contribution is -2.61. The normalized spacial score (nSPS) is 31.7. The van der Waals surface area contributed by atoms with Crippen LogP contribution in [-0.4, -0.2) is 40.3 Å². The van der Waals surface area contributed by atoms with Gasteiger partial charge in [0.05, 0.1) is 17.3 Å². The summed E-state index contributed by atoms with van der Waals surface area (Å²) in [7, 11) is 0. The van der Waals surface area contributed by atoms with Gasteiger partial charge in [-0.05, 0) is 51.7 Å². The van der Waals surface area contributed by atoms with Crippen molar-refractivity contribution in [1.29, 1.82) is 0 Å². The van der Waals surface area contributed by atoms with E-state index in [1.807, 2.05) is 6.07 Å². The van der Waals surface area contributed by atoms with E-state index in [-0.39, 0.29) is 23.3 Å². The number of aryl methyl sites for hydroxylation is 1. The molecule has 1 aliphatic carbocycles. The fourth-order valence-electron chi connectivity index (χ4n) is 4.18. The first-order valence-corrected chi connectivity index (χ1v) is 7.98. The summed E-state index contributed by atoms with van der Waals surface area (Å²) in [5, 5.41) is 10.8. The van der Waals surface area contributed by atoms with Gasteiger partial charge in [-0.3, -0.25) is 4.90 Å². The molecule has 0 saturated carbocycles. The molecule has 3 heteroatoms. The molecule has 1 heterocycles. The van der Waals surface area contributed by atoms with Gasteiger partial charge in [0.15, 0.2) is 0 Å². The Balaban J connectivity index is 1.85. The van der Waals surface area contributed by atoms with Crippen LogP contribution in [0.15, 0.2) is 24.3 Å². The van der Waals surface area contributed by atoms with Crippen LogP contribution in [0.5, 0.6) is 0 Å². The zero-order valence-corrected chi connectivity index (χ0v) is 13.6. The summed E-state index contributed by atoms with van der Waals surface area (Å²) in [4.78, 5) is 2.43. The van der Waals surface area contributed by atoms with Gasteiger partial charge in [-0.1, -0.05) is 24.3 Å². The summed E-state index contributed by atoms with van der Waals surface area (Å²) in [5.41, 5.74) is 2.07. The van der Waals surface area contributed by atoms with Crippen molar-refractivity contribution in [3.8, 4) is 0 Å². The number of nitrogens with zero attached hydrogens (tertiary/aromatic N) is 1. The Hall–Kier alpha value is -0.900. The fourth-order valence-corrected chi connectivity index (χ4v) is 4.18. The van der Waals surface area contributed by atoms with Crippen molar-refractivity contribution in [3.63, 3.8) is 0 Å². The number of ether oxygens (including phenoxy) is 1. The summed E-state index contributed by atoms with van der Waals surface area (Å²) in [6.45, 7) is 10.3. The fraction of sp³-hybridized carbons (Fsp3) is 0.667. The lowest BCUT2D eigenvalue weighted by Gasteiger charge is -2.51. The second-order valence-electron chi connectivity index (χ2n) is 7.78. The Morgan fingerprint density at radius 2 is 1.71 bits per heavy atom. The molecule has 0 amide bonds. The Labute approximate surface area is 127 Å². The van der Waals surface area contributed by atoms with E-state index in [2.05, 4.69) is 50.8 Å².